The first-order valence-corrected chi connectivity index (χ1v) is 7.31. The summed E-state index contributed by atoms with van der Waals surface area (Å²) in [5.74, 6) is -0.0579. The van der Waals surface area contributed by atoms with Crippen LogP contribution in [0.1, 0.15) is 34.9 Å². The second-order valence-corrected chi connectivity index (χ2v) is 5.62. The summed E-state index contributed by atoms with van der Waals surface area (Å²) in [5, 5.41) is 0.692. The number of nitrogen functional groups attached to an aromatic ring is 1. The summed E-state index contributed by atoms with van der Waals surface area (Å²) in [7, 11) is 0. The van der Waals surface area contributed by atoms with Gasteiger partial charge in [0.1, 0.15) is 5.69 Å². The van der Waals surface area contributed by atoms with Crippen molar-refractivity contribution in [1.29, 1.82) is 0 Å². The van der Waals surface area contributed by atoms with Crippen molar-refractivity contribution in [3.05, 3.63) is 58.9 Å². The zero-order chi connectivity index (χ0) is 14.8. The Morgan fingerprint density at radius 2 is 2.19 bits per heavy atom. The number of rotatable bonds is 2. The summed E-state index contributed by atoms with van der Waals surface area (Å²) >= 11 is 6.06. The number of nitrogens with two attached hydrogens (primary N) is 1. The minimum absolute atomic E-state index is 0.0579. The first-order valence-electron chi connectivity index (χ1n) is 6.93. The maximum absolute atomic E-state index is 12.6. The fraction of sp³-hybridized carbons (Fsp3) is 0.250. The van der Waals surface area contributed by atoms with Crippen molar-refractivity contribution in [1.82, 2.24) is 9.88 Å². The lowest BCUT2D eigenvalue weighted by Crippen LogP contribution is -2.31. The summed E-state index contributed by atoms with van der Waals surface area (Å²) in [6.45, 7) is 0.738. The van der Waals surface area contributed by atoms with E-state index in [1.54, 1.807) is 12.1 Å². The van der Waals surface area contributed by atoms with Gasteiger partial charge in [0.05, 0.1) is 17.9 Å². The van der Waals surface area contributed by atoms with Gasteiger partial charge in [0.15, 0.2) is 0 Å². The minimum Gasteiger partial charge on any atom is -0.397 e. The molecule has 1 aromatic heterocycles. The number of benzene rings is 1. The number of nitrogens with zero attached hydrogens (tertiary/aromatic N) is 2. The van der Waals surface area contributed by atoms with Crippen LogP contribution in [0.15, 0.2) is 42.6 Å². The second kappa shape index (κ2) is 5.74. The van der Waals surface area contributed by atoms with Crippen LogP contribution >= 0.6 is 11.6 Å². The lowest BCUT2D eigenvalue weighted by atomic mass is 10.0. The molecule has 0 bridgehead atoms. The van der Waals surface area contributed by atoms with Crippen molar-refractivity contribution in [2.75, 3.05) is 12.3 Å². The van der Waals surface area contributed by atoms with Gasteiger partial charge < -0.3 is 10.6 Å². The largest absolute Gasteiger partial charge is 0.397 e. The number of carbonyl (C=O) groups is 1. The normalized spacial score (nSPS) is 18.0. The number of aromatic nitrogens is 1. The maximum atomic E-state index is 12.6. The van der Waals surface area contributed by atoms with Crippen LogP contribution < -0.4 is 5.73 Å². The summed E-state index contributed by atoms with van der Waals surface area (Å²) in [6, 6.07) is 11.1. The van der Waals surface area contributed by atoms with Crippen molar-refractivity contribution in [2.45, 2.75) is 18.9 Å². The van der Waals surface area contributed by atoms with Crippen LogP contribution in [0.25, 0.3) is 0 Å². The Morgan fingerprint density at radius 1 is 1.33 bits per heavy atom. The van der Waals surface area contributed by atoms with Crippen molar-refractivity contribution >= 4 is 23.2 Å². The number of likely N-dealkylation sites (tertiary alicyclic amines) is 1. The molecule has 0 radical (unpaired) electrons. The third-order valence-corrected chi connectivity index (χ3v) is 3.99. The first kappa shape index (κ1) is 13.9. The summed E-state index contributed by atoms with van der Waals surface area (Å²) in [6.07, 6.45) is 3.44. The highest BCUT2D eigenvalue weighted by Crippen LogP contribution is 2.33. The molecule has 5 heteroatoms. The first-order chi connectivity index (χ1) is 10.1. The van der Waals surface area contributed by atoms with Gasteiger partial charge in [-0.15, -0.1) is 0 Å². The summed E-state index contributed by atoms with van der Waals surface area (Å²) in [5.41, 5.74) is 7.67. The van der Waals surface area contributed by atoms with Crippen LogP contribution in [0.2, 0.25) is 5.02 Å². The van der Waals surface area contributed by atoms with E-state index in [9.17, 15) is 4.79 Å². The molecular formula is C16H16ClN3O. The molecule has 1 saturated heterocycles. The van der Waals surface area contributed by atoms with Gasteiger partial charge in [-0.05, 0) is 42.7 Å². The van der Waals surface area contributed by atoms with Crippen LogP contribution in [0.5, 0.6) is 0 Å². The molecule has 4 nitrogen and oxygen atoms in total. The van der Waals surface area contributed by atoms with Gasteiger partial charge in [-0.3, -0.25) is 4.79 Å². The van der Waals surface area contributed by atoms with Crippen LogP contribution in [-0.2, 0) is 0 Å². The number of hydrogen-bond acceptors (Lipinski definition) is 3. The molecule has 1 unspecified atom stereocenters. The van der Waals surface area contributed by atoms with E-state index in [1.807, 2.05) is 29.2 Å². The molecule has 0 saturated carbocycles. The van der Waals surface area contributed by atoms with Gasteiger partial charge in [-0.1, -0.05) is 23.7 Å². The predicted molar refractivity (Wildman–Crippen MR) is 83.1 cm³/mol. The van der Waals surface area contributed by atoms with Gasteiger partial charge >= 0.3 is 0 Å². The SMILES string of the molecule is Nc1ccc(C(=O)N2CCCC2c2cccc(Cl)c2)nc1. The van der Waals surface area contributed by atoms with Crippen LogP contribution in [0, 0.1) is 0 Å². The van der Waals surface area contributed by atoms with Gasteiger partial charge in [0.25, 0.3) is 5.91 Å². The molecular weight excluding hydrogens is 286 g/mol. The standard InChI is InChI=1S/C16H16ClN3O/c17-12-4-1-3-11(9-12)15-5-2-8-20(15)16(21)14-7-6-13(18)10-19-14/h1,3-4,6-7,9-10,15H,2,5,8,18H2. The third-order valence-electron chi connectivity index (χ3n) is 3.75. The van der Waals surface area contributed by atoms with Gasteiger partial charge in [-0.25, -0.2) is 4.98 Å². The van der Waals surface area contributed by atoms with E-state index in [1.165, 1.54) is 6.20 Å². The maximum Gasteiger partial charge on any atom is 0.272 e. The molecule has 2 heterocycles. The molecule has 1 atom stereocenters. The van der Waals surface area contributed by atoms with Crippen molar-refractivity contribution in [2.24, 2.45) is 0 Å². The Kier molecular flexibility index (Phi) is 3.80. The van der Waals surface area contributed by atoms with Crippen LogP contribution in [-0.4, -0.2) is 22.3 Å². The van der Waals surface area contributed by atoms with Crippen molar-refractivity contribution in [3.63, 3.8) is 0 Å². The molecule has 0 aliphatic carbocycles. The minimum atomic E-state index is -0.0579. The Balaban J connectivity index is 1.87. The topological polar surface area (TPSA) is 59.2 Å². The molecule has 3 rings (SSSR count). The number of anilines is 1. The molecule has 1 amide bonds. The third kappa shape index (κ3) is 2.85. The highest BCUT2D eigenvalue weighted by atomic mass is 35.5. The molecule has 0 spiro atoms. The average molecular weight is 302 g/mol. The van der Waals surface area contributed by atoms with E-state index in [2.05, 4.69) is 4.98 Å². The molecule has 2 aromatic rings. The number of amides is 1. The molecule has 1 aliphatic heterocycles. The Hall–Kier alpha value is -2.07. The van der Waals surface area contributed by atoms with E-state index >= 15 is 0 Å². The van der Waals surface area contributed by atoms with E-state index in [0.717, 1.165) is 24.9 Å². The summed E-state index contributed by atoms with van der Waals surface area (Å²) in [4.78, 5) is 18.6. The Labute approximate surface area is 128 Å². The number of halogens is 1. The van der Waals surface area contributed by atoms with Gasteiger partial charge in [0, 0.05) is 11.6 Å². The molecule has 1 aromatic carbocycles. The zero-order valence-electron chi connectivity index (χ0n) is 11.5. The highest BCUT2D eigenvalue weighted by Gasteiger charge is 2.31. The highest BCUT2D eigenvalue weighted by molar-refractivity contribution is 6.30. The predicted octanol–water partition coefficient (Wildman–Crippen LogP) is 3.29. The van der Waals surface area contributed by atoms with Crippen LogP contribution in [0.4, 0.5) is 5.69 Å². The number of carbonyl (C=O) groups excluding carboxylic acids is 1. The van der Waals surface area contributed by atoms with Crippen molar-refractivity contribution < 1.29 is 4.79 Å². The quantitative estimate of drug-likeness (QED) is 0.926. The zero-order valence-corrected chi connectivity index (χ0v) is 12.3. The monoisotopic (exact) mass is 301 g/mol. The molecule has 2 N–H and O–H groups in total. The Morgan fingerprint density at radius 3 is 2.90 bits per heavy atom. The van der Waals surface area contributed by atoms with Gasteiger partial charge in [0.2, 0.25) is 0 Å². The second-order valence-electron chi connectivity index (χ2n) is 5.19. The molecule has 21 heavy (non-hydrogen) atoms. The van der Waals surface area contributed by atoms with E-state index < -0.39 is 0 Å². The summed E-state index contributed by atoms with van der Waals surface area (Å²) < 4.78 is 0. The number of pyridine rings is 1. The Bertz CT molecular complexity index is 657. The van der Waals surface area contributed by atoms with Gasteiger partial charge in [-0.2, -0.15) is 0 Å². The lowest BCUT2D eigenvalue weighted by Gasteiger charge is -2.25. The lowest BCUT2D eigenvalue weighted by molar-refractivity contribution is 0.0730. The smallest absolute Gasteiger partial charge is 0.272 e. The van der Waals surface area contributed by atoms with Crippen LogP contribution in [0.3, 0.4) is 0 Å². The molecule has 1 fully saturated rings. The molecule has 108 valence electrons. The van der Waals surface area contributed by atoms with Crippen molar-refractivity contribution in [3.8, 4) is 0 Å². The fourth-order valence-corrected chi connectivity index (χ4v) is 2.95. The molecule has 1 aliphatic rings. The van der Waals surface area contributed by atoms with E-state index in [0.29, 0.717) is 16.4 Å². The fourth-order valence-electron chi connectivity index (χ4n) is 2.75. The van der Waals surface area contributed by atoms with E-state index in [4.69, 9.17) is 17.3 Å². The average Bonchev–Trinajstić information content (AvgIpc) is 2.97. The van der Waals surface area contributed by atoms with E-state index in [-0.39, 0.29) is 11.9 Å². The number of hydrogen-bond donors (Lipinski definition) is 1.